The smallest absolute Gasteiger partial charge is 0.281 e. The molecule has 0 fully saturated rings. The van der Waals surface area contributed by atoms with Gasteiger partial charge in [-0.3, -0.25) is 4.79 Å². The average Bonchev–Trinajstić information content (AvgIpc) is 3.37. The van der Waals surface area contributed by atoms with E-state index in [1.54, 1.807) is 23.5 Å². The molecule has 2 heterocycles. The first kappa shape index (κ1) is 16.2. The molecule has 0 spiro atoms. The summed E-state index contributed by atoms with van der Waals surface area (Å²) >= 11 is 1.54. The number of rotatable bonds is 5. The van der Waals surface area contributed by atoms with Gasteiger partial charge >= 0.3 is 0 Å². The van der Waals surface area contributed by atoms with E-state index in [9.17, 15) is 4.79 Å². The van der Waals surface area contributed by atoms with Crippen LogP contribution in [-0.4, -0.2) is 20.7 Å². The van der Waals surface area contributed by atoms with Gasteiger partial charge in [0, 0.05) is 12.1 Å². The molecule has 4 rings (SSSR count). The zero-order valence-electron chi connectivity index (χ0n) is 13.9. The minimum atomic E-state index is -0.212. The molecule has 2 aromatic carbocycles. The largest absolute Gasteiger partial charge is 0.350 e. The first-order chi connectivity index (χ1) is 12.8. The molecule has 0 saturated carbocycles. The van der Waals surface area contributed by atoms with Gasteiger partial charge in [-0.25, -0.2) is 0 Å². The molecule has 0 saturated heterocycles. The zero-order valence-corrected chi connectivity index (χ0v) is 14.7. The molecule has 0 aliphatic heterocycles. The van der Waals surface area contributed by atoms with Gasteiger partial charge in [0.1, 0.15) is 0 Å². The van der Waals surface area contributed by atoms with Gasteiger partial charge in [-0.05, 0) is 29.1 Å². The SMILES string of the molecule is O=C(c1ccccc1)n1nc(-c2cccs2)nc1NCc1ccccc1. The van der Waals surface area contributed by atoms with Gasteiger partial charge in [0.15, 0.2) is 5.82 Å². The Kier molecular flexibility index (Phi) is 4.57. The van der Waals surface area contributed by atoms with Gasteiger partial charge in [-0.15, -0.1) is 16.4 Å². The monoisotopic (exact) mass is 360 g/mol. The number of benzene rings is 2. The molecule has 2 aromatic heterocycles. The van der Waals surface area contributed by atoms with Crippen molar-refractivity contribution in [3.05, 3.63) is 89.3 Å². The third kappa shape index (κ3) is 3.41. The highest BCUT2D eigenvalue weighted by atomic mass is 32.1. The minimum absolute atomic E-state index is 0.212. The third-order valence-electron chi connectivity index (χ3n) is 3.86. The van der Waals surface area contributed by atoms with Gasteiger partial charge in [-0.2, -0.15) is 9.67 Å². The Balaban J connectivity index is 1.67. The van der Waals surface area contributed by atoms with E-state index < -0.39 is 0 Å². The molecule has 0 amide bonds. The van der Waals surface area contributed by atoms with Crippen LogP contribution in [0.4, 0.5) is 5.95 Å². The maximum absolute atomic E-state index is 12.9. The van der Waals surface area contributed by atoms with Crippen LogP contribution in [0.15, 0.2) is 78.2 Å². The summed E-state index contributed by atoms with van der Waals surface area (Å²) in [7, 11) is 0. The summed E-state index contributed by atoms with van der Waals surface area (Å²) < 4.78 is 1.34. The molecule has 1 N–H and O–H groups in total. The number of carbonyl (C=O) groups excluding carboxylic acids is 1. The van der Waals surface area contributed by atoms with Crippen LogP contribution < -0.4 is 5.32 Å². The summed E-state index contributed by atoms with van der Waals surface area (Å²) in [5.41, 5.74) is 1.67. The quantitative estimate of drug-likeness (QED) is 0.576. The van der Waals surface area contributed by atoms with Crippen LogP contribution in [0.25, 0.3) is 10.7 Å². The summed E-state index contributed by atoms with van der Waals surface area (Å²) in [5, 5.41) is 9.65. The lowest BCUT2D eigenvalue weighted by Gasteiger charge is -2.07. The second-order valence-electron chi connectivity index (χ2n) is 5.66. The van der Waals surface area contributed by atoms with Crippen molar-refractivity contribution in [1.29, 1.82) is 0 Å². The molecular weight excluding hydrogens is 344 g/mol. The van der Waals surface area contributed by atoms with Crippen molar-refractivity contribution in [3.8, 4) is 10.7 Å². The van der Waals surface area contributed by atoms with Crippen molar-refractivity contribution in [2.24, 2.45) is 0 Å². The van der Waals surface area contributed by atoms with Crippen LogP contribution in [0.2, 0.25) is 0 Å². The van der Waals surface area contributed by atoms with Gasteiger partial charge in [0.25, 0.3) is 5.91 Å². The van der Waals surface area contributed by atoms with Crippen LogP contribution in [0, 0.1) is 0 Å². The van der Waals surface area contributed by atoms with E-state index in [-0.39, 0.29) is 5.91 Å². The maximum atomic E-state index is 12.9. The predicted molar refractivity (Wildman–Crippen MR) is 103 cm³/mol. The summed E-state index contributed by atoms with van der Waals surface area (Å²) in [6.45, 7) is 0.561. The van der Waals surface area contributed by atoms with Crippen molar-refractivity contribution in [2.75, 3.05) is 5.32 Å². The van der Waals surface area contributed by atoms with Crippen molar-refractivity contribution in [2.45, 2.75) is 6.54 Å². The maximum Gasteiger partial charge on any atom is 0.281 e. The Bertz CT molecular complexity index is 995. The Labute approximate surface area is 155 Å². The number of thiophene rings is 1. The number of anilines is 1. The molecular formula is C20H16N4OS. The molecule has 0 atom stereocenters. The highest BCUT2D eigenvalue weighted by Crippen LogP contribution is 2.23. The molecule has 128 valence electrons. The standard InChI is InChI=1S/C20H16N4OS/c25-19(16-10-5-2-6-11-16)24-20(21-14-15-8-3-1-4-9-15)22-18(23-24)17-12-7-13-26-17/h1-13H,14H2,(H,21,22,23). The molecule has 5 nitrogen and oxygen atoms in total. The van der Waals surface area contributed by atoms with Crippen LogP contribution in [0.5, 0.6) is 0 Å². The number of aromatic nitrogens is 3. The van der Waals surface area contributed by atoms with Crippen molar-refractivity contribution >= 4 is 23.2 Å². The molecule has 0 unspecified atom stereocenters. The van der Waals surface area contributed by atoms with E-state index in [0.717, 1.165) is 10.4 Å². The summed E-state index contributed by atoms with van der Waals surface area (Å²) in [6, 6.07) is 23.0. The second-order valence-corrected chi connectivity index (χ2v) is 6.61. The highest BCUT2D eigenvalue weighted by molar-refractivity contribution is 7.13. The Morgan fingerprint density at radius 3 is 2.38 bits per heavy atom. The van der Waals surface area contributed by atoms with E-state index in [0.29, 0.717) is 23.9 Å². The van der Waals surface area contributed by atoms with E-state index in [1.807, 2.05) is 66.0 Å². The first-order valence-electron chi connectivity index (χ1n) is 8.20. The number of hydrogen-bond donors (Lipinski definition) is 1. The van der Waals surface area contributed by atoms with Crippen LogP contribution in [0.3, 0.4) is 0 Å². The topological polar surface area (TPSA) is 59.8 Å². The van der Waals surface area contributed by atoms with Crippen LogP contribution >= 0.6 is 11.3 Å². The predicted octanol–water partition coefficient (Wildman–Crippen LogP) is 4.31. The Morgan fingerprint density at radius 2 is 1.69 bits per heavy atom. The molecule has 0 radical (unpaired) electrons. The summed E-state index contributed by atoms with van der Waals surface area (Å²) in [6.07, 6.45) is 0. The Morgan fingerprint density at radius 1 is 0.962 bits per heavy atom. The molecule has 4 aromatic rings. The van der Waals surface area contributed by atoms with Crippen molar-refractivity contribution < 1.29 is 4.79 Å². The van der Waals surface area contributed by atoms with E-state index in [2.05, 4.69) is 15.4 Å². The van der Waals surface area contributed by atoms with Crippen LogP contribution in [0.1, 0.15) is 15.9 Å². The fourth-order valence-corrected chi connectivity index (χ4v) is 3.21. The molecule has 26 heavy (non-hydrogen) atoms. The fourth-order valence-electron chi connectivity index (χ4n) is 2.56. The molecule has 6 heteroatoms. The van der Waals surface area contributed by atoms with Crippen molar-refractivity contribution in [3.63, 3.8) is 0 Å². The number of carbonyl (C=O) groups is 1. The zero-order chi connectivity index (χ0) is 17.8. The lowest BCUT2D eigenvalue weighted by molar-refractivity contribution is 0.0947. The highest BCUT2D eigenvalue weighted by Gasteiger charge is 2.18. The lowest BCUT2D eigenvalue weighted by Crippen LogP contribution is -2.17. The summed E-state index contributed by atoms with van der Waals surface area (Å²) in [5.74, 6) is 0.766. The van der Waals surface area contributed by atoms with E-state index in [4.69, 9.17) is 0 Å². The summed E-state index contributed by atoms with van der Waals surface area (Å²) in [4.78, 5) is 18.4. The van der Waals surface area contributed by atoms with Gasteiger partial charge in [0.2, 0.25) is 5.95 Å². The average molecular weight is 360 g/mol. The molecule has 0 aliphatic rings. The van der Waals surface area contributed by atoms with Crippen LogP contribution in [-0.2, 0) is 6.54 Å². The lowest BCUT2D eigenvalue weighted by atomic mass is 10.2. The van der Waals surface area contributed by atoms with Gasteiger partial charge in [-0.1, -0.05) is 54.6 Å². The normalized spacial score (nSPS) is 10.6. The number of nitrogens with zero attached hydrogens (tertiary/aromatic N) is 3. The molecule has 0 bridgehead atoms. The van der Waals surface area contributed by atoms with Gasteiger partial charge in [0.05, 0.1) is 4.88 Å². The Hall–Kier alpha value is -3.25. The second kappa shape index (κ2) is 7.33. The van der Waals surface area contributed by atoms with Crippen molar-refractivity contribution in [1.82, 2.24) is 14.8 Å². The van der Waals surface area contributed by atoms with E-state index in [1.165, 1.54) is 4.68 Å². The first-order valence-corrected chi connectivity index (χ1v) is 9.08. The van der Waals surface area contributed by atoms with E-state index >= 15 is 0 Å². The fraction of sp³-hybridized carbons (Fsp3) is 0.0500. The number of hydrogen-bond acceptors (Lipinski definition) is 5. The molecule has 0 aliphatic carbocycles. The third-order valence-corrected chi connectivity index (χ3v) is 4.72. The van der Waals surface area contributed by atoms with Gasteiger partial charge < -0.3 is 5.32 Å². The minimum Gasteiger partial charge on any atom is -0.350 e. The number of nitrogens with one attached hydrogen (secondary N) is 1.